The third-order valence-corrected chi connectivity index (χ3v) is 5.84. The summed E-state index contributed by atoms with van der Waals surface area (Å²) in [6.07, 6.45) is 0. The number of thiophene rings is 1. The fourth-order valence-corrected chi connectivity index (χ4v) is 3.83. The molecule has 8 heteroatoms. The first-order chi connectivity index (χ1) is 11.2. The Kier molecular flexibility index (Phi) is 5.71. The highest BCUT2D eigenvalue weighted by Crippen LogP contribution is 2.26. The maximum atomic E-state index is 12.5. The molecule has 0 unspecified atom stereocenters. The second-order valence-electron chi connectivity index (χ2n) is 5.54. The molecule has 1 amide bonds. The summed E-state index contributed by atoms with van der Waals surface area (Å²) in [6.45, 7) is 3.95. The summed E-state index contributed by atoms with van der Waals surface area (Å²) in [5.74, 6) is -3.71. The van der Waals surface area contributed by atoms with E-state index in [1.54, 1.807) is 0 Å². The molecule has 1 atom stereocenters. The minimum absolute atomic E-state index is 0.158. The summed E-state index contributed by atoms with van der Waals surface area (Å²) in [5.41, 5.74) is 0.213. The van der Waals surface area contributed by atoms with E-state index >= 15 is 0 Å². The molecule has 2 aromatic rings. The molecule has 0 fully saturated rings. The van der Waals surface area contributed by atoms with E-state index in [-0.39, 0.29) is 23.4 Å². The normalized spacial score (nSPS) is 13.2. The maximum Gasteiger partial charge on any atom is 0.341 e. The van der Waals surface area contributed by atoms with E-state index in [0.29, 0.717) is 0 Å². The van der Waals surface area contributed by atoms with Gasteiger partial charge in [-0.05, 0) is 41.6 Å². The van der Waals surface area contributed by atoms with Gasteiger partial charge in [-0.25, -0.2) is 8.42 Å². The summed E-state index contributed by atoms with van der Waals surface area (Å²) in [5, 5.41) is 4.81. The number of hydrogen-bond acceptors (Lipinski definition) is 4. The van der Waals surface area contributed by atoms with Gasteiger partial charge in [0, 0.05) is 10.4 Å². The van der Waals surface area contributed by atoms with Gasteiger partial charge >= 0.3 is 5.76 Å². The number of nitrogens with one attached hydrogen (secondary N) is 1. The average Bonchev–Trinajstić information content (AvgIpc) is 3.06. The lowest BCUT2D eigenvalue weighted by Gasteiger charge is -2.21. The Balaban J connectivity index is 2.18. The van der Waals surface area contributed by atoms with Crippen LogP contribution in [-0.2, 0) is 9.84 Å². The van der Waals surface area contributed by atoms with Gasteiger partial charge in [-0.1, -0.05) is 19.9 Å². The first kappa shape index (κ1) is 18.5. The molecule has 0 aliphatic carbocycles. The number of benzene rings is 1. The molecule has 1 aromatic carbocycles. The third kappa shape index (κ3) is 3.99. The number of rotatable bonds is 6. The quantitative estimate of drug-likeness (QED) is 0.836. The molecule has 1 aromatic heterocycles. The zero-order valence-electron chi connectivity index (χ0n) is 13.1. The molecule has 2 rings (SSSR count). The van der Waals surface area contributed by atoms with Crippen molar-refractivity contribution < 1.29 is 22.0 Å². The van der Waals surface area contributed by atoms with Crippen molar-refractivity contribution in [2.75, 3.05) is 0 Å². The summed E-state index contributed by atoms with van der Waals surface area (Å²) >= 11 is 1.53. The molecule has 4 nitrogen and oxygen atoms in total. The van der Waals surface area contributed by atoms with Crippen LogP contribution >= 0.6 is 11.3 Å². The number of amides is 1. The first-order valence-electron chi connectivity index (χ1n) is 7.20. The van der Waals surface area contributed by atoms with E-state index in [4.69, 9.17) is 0 Å². The molecule has 0 saturated heterocycles. The van der Waals surface area contributed by atoms with Gasteiger partial charge in [0.2, 0.25) is 9.84 Å². The molecule has 130 valence electrons. The van der Waals surface area contributed by atoms with Crippen molar-refractivity contribution in [1.82, 2.24) is 5.32 Å². The van der Waals surface area contributed by atoms with Crippen molar-refractivity contribution in [2.45, 2.75) is 30.5 Å². The Morgan fingerprint density at radius 2 is 1.75 bits per heavy atom. The third-order valence-electron chi connectivity index (χ3n) is 3.48. The van der Waals surface area contributed by atoms with Gasteiger partial charge < -0.3 is 5.32 Å². The molecule has 0 radical (unpaired) electrons. The molecule has 1 heterocycles. The highest BCUT2D eigenvalue weighted by molar-refractivity contribution is 7.91. The average molecular weight is 373 g/mol. The van der Waals surface area contributed by atoms with Crippen LogP contribution in [-0.4, -0.2) is 20.1 Å². The van der Waals surface area contributed by atoms with E-state index in [1.807, 2.05) is 31.4 Å². The van der Waals surface area contributed by atoms with Gasteiger partial charge in [-0.2, -0.15) is 8.78 Å². The van der Waals surface area contributed by atoms with Crippen LogP contribution in [0.1, 0.15) is 35.1 Å². The van der Waals surface area contributed by atoms with Gasteiger partial charge in [0.05, 0.1) is 10.9 Å². The van der Waals surface area contributed by atoms with E-state index in [1.165, 1.54) is 23.5 Å². The smallest absolute Gasteiger partial charge is 0.341 e. The molecular weight excluding hydrogens is 356 g/mol. The van der Waals surface area contributed by atoms with Crippen molar-refractivity contribution in [3.63, 3.8) is 0 Å². The Hall–Kier alpha value is -1.80. The Morgan fingerprint density at radius 3 is 2.21 bits per heavy atom. The molecule has 0 saturated carbocycles. The summed E-state index contributed by atoms with van der Waals surface area (Å²) < 4.78 is 47.8. The minimum Gasteiger partial charge on any atom is -0.344 e. The number of sulfone groups is 1. The van der Waals surface area contributed by atoms with Gasteiger partial charge in [0.1, 0.15) is 0 Å². The van der Waals surface area contributed by atoms with Crippen molar-refractivity contribution in [1.29, 1.82) is 0 Å². The topological polar surface area (TPSA) is 63.2 Å². The molecule has 0 aliphatic rings. The molecule has 0 bridgehead atoms. The monoisotopic (exact) mass is 373 g/mol. The fourth-order valence-electron chi connectivity index (χ4n) is 2.16. The number of carbonyl (C=O) groups excluding carboxylic acids is 1. The summed E-state index contributed by atoms with van der Waals surface area (Å²) in [6, 6.07) is 8.14. The molecular formula is C16H17F2NO3S2. The molecule has 0 spiro atoms. The standard InChI is InChI=1S/C16H17F2NO3S2/c1-10(2)14(13-4-3-9-23-13)19-15(20)11-5-7-12(8-6-11)24(21,22)16(17)18/h3-10,14,16H,1-2H3,(H,19,20)/t14-/m0/s1. The van der Waals surface area contributed by atoms with Gasteiger partial charge in [0.25, 0.3) is 5.91 Å². The lowest BCUT2D eigenvalue weighted by atomic mass is 10.0. The van der Waals surface area contributed by atoms with Crippen LogP contribution in [0.5, 0.6) is 0 Å². The SMILES string of the molecule is CC(C)[C@H](NC(=O)c1ccc(S(=O)(=O)C(F)F)cc1)c1cccs1. The summed E-state index contributed by atoms with van der Waals surface area (Å²) in [4.78, 5) is 12.8. The number of alkyl halides is 2. The van der Waals surface area contributed by atoms with Crippen molar-refractivity contribution >= 4 is 27.1 Å². The van der Waals surface area contributed by atoms with Gasteiger partial charge in [0.15, 0.2) is 0 Å². The molecule has 1 N–H and O–H groups in total. The van der Waals surface area contributed by atoms with Crippen LogP contribution in [0, 0.1) is 5.92 Å². The van der Waals surface area contributed by atoms with Gasteiger partial charge in [-0.3, -0.25) is 4.79 Å². The van der Waals surface area contributed by atoms with E-state index < -0.39 is 20.5 Å². The van der Waals surface area contributed by atoms with E-state index in [0.717, 1.165) is 17.0 Å². The maximum absolute atomic E-state index is 12.5. The zero-order chi connectivity index (χ0) is 17.9. The van der Waals surface area contributed by atoms with Crippen molar-refractivity contribution in [3.05, 3.63) is 52.2 Å². The predicted octanol–water partition coefficient (Wildman–Crippen LogP) is 3.87. The van der Waals surface area contributed by atoms with Crippen molar-refractivity contribution in [3.8, 4) is 0 Å². The van der Waals surface area contributed by atoms with E-state index in [2.05, 4.69) is 5.32 Å². The second-order valence-corrected chi connectivity index (χ2v) is 8.44. The van der Waals surface area contributed by atoms with E-state index in [9.17, 15) is 22.0 Å². The number of carbonyl (C=O) groups is 1. The Labute approximate surface area is 143 Å². The van der Waals surface area contributed by atoms with Crippen LogP contribution in [0.3, 0.4) is 0 Å². The Bertz CT molecular complexity index is 785. The van der Waals surface area contributed by atoms with Crippen LogP contribution < -0.4 is 5.32 Å². The first-order valence-corrected chi connectivity index (χ1v) is 9.62. The molecule has 0 aliphatic heterocycles. The van der Waals surface area contributed by atoms with Crippen LogP contribution in [0.25, 0.3) is 0 Å². The summed E-state index contributed by atoms with van der Waals surface area (Å²) in [7, 11) is -4.65. The second kappa shape index (κ2) is 7.40. The van der Waals surface area contributed by atoms with Crippen LogP contribution in [0.15, 0.2) is 46.7 Å². The molecule has 24 heavy (non-hydrogen) atoms. The fraction of sp³-hybridized carbons (Fsp3) is 0.312. The Morgan fingerprint density at radius 1 is 1.12 bits per heavy atom. The lowest BCUT2D eigenvalue weighted by Crippen LogP contribution is -2.31. The van der Waals surface area contributed by atoms with Gasteiger partial charge in [-0.15, -0.1) is 11.3 Å². The van der Waals surface area contributed by atoms with Crippen molar-refractivity contribution in [2.24, 2.45) is 5.92 Å². The number of halogens is 2. The zero-order valence-corrected chi connectivity index (χ0v) is 14.7. The highest BCUT2D eigenvalue weighted by atomic mass is 32.2. The predicted molar refractivity (Wildman–Crippen MR) is 89.0 cm³/mol. The van der Waals surface area contributed by atoms with Crippen LogP contribution in [0.4, 0.5) is 8.78 Å². The highest BCUT2D eigenvalue weighted by Gasteiger charge is 2.27. The largest absolute Gasteiger partial charge is 0.344 e. The lowest BCUT2D eigenvalue weighted by molar-refractivity contribution is 0.0926. The minimum atomic E-state index is -4.65. The van der Waals surface area contributed by atoms with Crippen LogP contribution in [0.2, 0.25) is 0 Å². The number of hydrogen-bond donors (Lipinski definition) is 1.